The first kappa shape index (κ1) is 23.7. The normalized spacial score (nSPS) is 12.2. The Kier molecular flexibility index (Phi) is 6.01. The molecule has 0 fully saturated rings. The van der Waals surface area contributed by atoms with Gasteiger partial charge in [-0.3, -0.25) is 4.79 Å². The van der Waals surface area contributed by atoms with Gasteiger partial charge in [0.2, 0.25) is 0 Å². The van der Waals surface area contributed by atoms with Crippen LogP contribution in [-0.2, 0) is 6.42 Å². The van der Waals surface area contributed by atoms with Crippen LogP contribution in [0.15, 0.2) is 90.1 Å². The molecule has 0 spiro atoms. The average molecular weight is 530 g/mol. The molecule has 38 heavy (non-hydrogen) atoms. The van der Waals surface area contributed by atoms with Gasteiger partial charge in [0.15, 0.2) is 0 Å². The predicted molar refractivity (Wildman–Crippen MR) is 138 cm³/mol. The lowest BCUT2D eigenvalue weighted by Gasteiger charge is -2.19. The number of aromatic nitrogens is 7. The topological polar surface area (TPSA) is 94.3 Å². The fourth-order valence-corrected chi connectivity index (χ4v) is 4.63. The third-order valence-electron chi connectivity index (χ3n) is 6.27. The van der Waals surface area contributed by atoms with E-state index in [9.17, 15) is 13.6 Å². The molecule has 1 atom stereocenters. The molecular formula is C27H18ClF2N7O. The number of tetrazole rings is 1. The largest absolute Gasteiger partial charge is 0.340 e. The minimum absolute atomic E-state index is 0.302. The molecule has 6 aromatic rings. The van der Waals surface area contributed by atoms with Crippen molar-refractivity contribution in [3.63, 3.8) is 0 Å². The van der Waals surface area contributed by atoms with Gasteiger partial charge in [-0.15, -0.1) is 5.10 Å². The molecule has 3 heterocycles. The molecule has 0 aliphatic carbocycles. The minimum Gasteiger partial charge on any atom is -0.340 e. The summed E-state index contributed by atoms with van der Waals surface area (Å²) in [6.07, 6.45) is 3.47. The summed E-state index contributed by atoms with van der Waals surface area (Å²) in [6, 6.07) is 18.3. The molecule has 0 unspecified atom stereocenters. The minimum atomic E-state index is -0.573. The second kappa shape index (κ2) is 9.64. The molecule has 6 rings (SSSR count). The van der Waals surface area contributed by atoms with Crippen LogP contribution in [0.25, 0.3) is 27.8 Å². The first-order chi connectivity index (χ1) is 18.4. The van der Waals surface area contributed by atoms with E-state index in [1.807, 2.05) is 0 Å². The Morgan fingerprint density at radius 2 is 1.76 bits per heavy atom. The van der Waals surface area contributed by atoms with Gasteiger partial charge < -0.3 is 9.55 Å². The van der Waals surface area contributed by atoms with Crippen LogP contribution in [0.1, 0.15) is 17.4 Å². The summed E-state index contributed by atoms with van der Waals surface area (Å²) in [5, 5.41) is 11.8. The maximum absolute atomic E-state index is 13.8. The molecule has 0 bridgehead atoms. The van der Waals surface area contributed by atoms with E-state index in [0.29, 0.717) is 45.1 Å². The molecule has 11 heteroatoms. The Hall–Kier alpha value is -4.70. The van der Waals surface area contributed by atoms with Crippen LogP contribution < -0.4 is 5.56 Å². The van der Waals surface area contributed by atoms with Crippen LogP contribution in [0.5, 0.6) is 0 Å². The van der Waals surface area contributed by atoms with E-state index in [-0.39, 0.29) is 11.4 Å². The van der Waals surface area contributed by atoms with Gasteiger partial charge in [0.05, 0.1) is 22.8 Å². The number of nitrogens with one attached hydrogen (secondary N) is 1. The van der Waals surface area contributed by atoms with Crippen molar-refractivity contribution in [3.8, 4) is 16.8 Å². The summed E-state index contributed by atoms with van der Waals surface area (Å²) in [5.41, 5.74) is 3.52. The molecule has 0 radical (unpaired) electrons. The van der Waals surface area contributed by atoms with E-state index in [0.717, 1.165) is 5.56 Å². The number of H-pyrrole nitrogens is 1. The van der Waals surface area contributed by atoms with Crippen LogP contribution in [0.2, 0.25) is 5.02 Å². The van der Waals surface area contributed by atoms with Crippen molar-refractivity contribution in [2.45, 2.75) is 12.5 Å². The van der Waals surface area contributed by atoms with Crippen molar-refractivity contribution in [3.05, 3.63) is 124 Å². The van der Waals surface area contributed by atoms with E-state index < -0.39 is 11.9 Å². The Bertz CT molecular complexity index is 1810. The number of fused-ring (bicyclic) bond motifs is 1. The van der Waals surface area contributed by atoms with E-state index >= 15 is 0 Å². The number of nitrogens with zero attached hydrogens (tertiary/aromatic N) is 6. The van der Waals surface area contributed by atoms with Gasteiger partial charge in [0.25, 0.3) is 5.56 Å². The van der Waals surface area contributed by atoms with Crippen molar-refractivity contribution in [1.82, 2.24) is 34.7 Å². The monoisotopic (exact) mass is 529 g/mol. The molecule has 188 valence electrons. The summed E-state index contributed by atoms with van der Waals surface area (Å²) in [5.74, 6) is -0.280. The van der Waals surface area contributed by atoms with Gasteiger partial charge in [-0.25, -0.2) is 13.8 Å². The van der Waals surface area contributed by atoms with Gasteiger partial charge in [0, 0.05) is 29.3 Å². The predicted octanol–water partition coefficient (Wildman–Crippen LogP) is 5.13. The summed E-state index contributed by atoms with van der Waals surface area (Å²) >= 11 is 6.27. The highest BCUT2D eigenvalue weighted by molar-refractivity contribution is 6.31. The molecular weight excluding hydrogens is 512 g/mol. The molecule has 8 nitrogen and oxygen atoms in total. The van der Waals surface area contributed by atoms with Crippen LogP contribution >= 0.6 is 11.6 Å². The van der Waals surface area contributed by atoms with Gasteiger partial charge in [-0.05, 0) is 76.2 Å². The Morgan fingerprint density at radius 1 is 0.947 bits per heavy atom. The Morgan fingerprint density at radius 3 is 2.53 bits per heavy atom. The lowest BCUT2D eigenvalue weighted by molar-refractivity contribution is 0.537. The summed E-state index contributed by atoms with van der Waals surface area (Å²) < 4.78 is 30.4. The van der Waals surface area contributed by atoms with Crippen LogP contribution in [0.4, 0.5) is 8.78 Å². The third kappa shape index (κ3) is 4.57. The van der Waals surface area contributed by atoms with E-state index in [1.165, 1.54) is 41.3 Å². The first-order valence-corrected chi connectivity index (χ1v) is 12.0. The molecule has 0 saturated carbocycles. The quantitative estimate of drug-likeness (QED) is 0.323. The fraction of sp³-hybridized carbons (Fsp3) is 0.0741. The molecule has 3 aromatic carbocycles. The number of hydrogen-bond acceptors (Lipinski definition) is 5. The van der Waals surface area contributed by atoms with Crippen LogP contribution in [0.3, 0.4) is 0 Å². The zero-order chi connectivity index (χ0) is 26.2. The van der Waals surface area contributed by atoms with Crippen molar-refractivity contribution in [1.29, 1.82) is 0 Å². The second-order valence-electron chi connectivity index (χ2n) is 8.71. The number of benzene rings is 3. The van der Waals surface area contributed by atoms with Gasteiger partial charge >= 0.3 is 0 Å². The molecule has 0 aliphatic heterocycles. The molecule has 1 N–H and O–H groups in total. The van der Waals surface area contributed by atoms with Crippen molar-refractivity contribution in [2.24, 2.45) is 0 Å². The summed E-state index contributed by atoms with van der Waals surface area (Å²) in [4.78, 5) is 21.3. The smallest absolute Gasteiger partial charge is 0.251 e. The molecule has 3 aromatic heterocycles. The fourth-order valence-electron chi connectivity index (χ4n) is 4.46. The second-order valence-corrected chi connectivity index (χ2v) is 9.14. The lowest BCUT2D eigenvalue weighted by Crippen LogP contribution is -2.27. The Balaban J connectivity index is 1.45. The van der Waals surface area contributed by atoms with Gasteiger partial charge in [-0.1, -0.05) is 23.7 Å². The van der Waals surface area contributed by atoms with E-state index in [1.54, 1.807) is 53.2 Å². The summed E-state index contributed by atoms with van der Waals surface area (Å²) in [6.45, 7) is 0. The highest BCUT2D eigenvalue weighted by Gasteiger charge is 2.21. The first-order valence-electron chi connectivity index (χ1n) is 11.6. The highest BCUT2D eigenvalue weighted by atomic mass is 35.5. The Labute approximate surface area is 219 Å². The summed E-state index contributed by atoms with van der Waals surface area (Å²) in [7, 11) is 0. The van der Waals surface area contributed by atoms with Crippen molar-refractivity contribution in [2.75, 3.05) is 0 Å². The van der Waals surface area contributed by atoms with E-state index in [2.05, 4.69) is 25.5 Å². The average Bonchev–Trinajstić information content (AvgIpc) is 3.59. The van der Waals surface area contributed by atoms with Crippen LogP contribution in [-0.4, -0.2) is 34.7 Å². The number of pyridine rings is 1. The van der Waals surface area contributed by atoms with Crippen LogP contribution in [0, 0.1) is 11.6 Å². The highest BCUT2D eigenvalue weighted by Crippen LogP contribution is 2.30. The number of imidazole rings is 1. The number of hydrogen-bond donors (Lipinski definition) is 1. The lowest BCUT2D eigenvalue weighted by atomic mass is 10.0. The third-order valence-corrected chi connectivity index (χ3v) is 6.50. The SMILES string of the molecule is O=c1cc(-c2cc(Cl)ccc2-n2cnnn2)ccn1[C@@H](Cc1ccc(F)cc1)c1nc2ccc(F)cc2[nH]1. The molecule has 0 aliphatic rings. The molecule has 0 saturated heterocycles. The van der Waals surface area contributed by atoms with Crippen molar-refractivity contribution >= 4 is 22.6 Å². The zero-order valence-corrected chi connectivity index (χ0v) is 20.3. The van der Waals surface area contributed by atoms with Gasteiger partial charge in [-0.2, -0.15) is 4.68 Å². The standard InChI is InChI=1S/C27H18ClF2N7O/c28-18-3-8-24(37-15-31-34-35-37)21(13-18)17-9-10-36(26(38)12-17)25(11-16-1-4-19(29)5-2-16)27-32-22-7-6-20(30)14-23(22)33-27/h1-10,12-15,25H,11H2,(H,32,33)/t25-/m0/s1. The number of rotatable bonds is 6. The molecule has 0 amide bonds. The van der Waals surface area contributed by atoms with Crippen molar-refractivity contribution < 1.29 is 8.78 Å². The number of halogens is 3. The zero-order valence-electron chi connectivity index (χ0n) is 19.6. The maximum Gasteiger partial charge on any atom is 0.251 e. The van der Waals surface area contributed by atoms with E-state index in [4.69, 9.17) is 11.6 Å². The maximum atomic E-state index is 13.8. The van der Waals surface area contributed by atoms with Gasteiger partial charge in [0.1, 0.15) is 23.8 Å². The number of aromatic amines is 1.